The lowest BCUT2D eigenvalue weighted by Crippen LogP contribution is -2.63. The Kier molecular flexibility index (Phi) is 10.8. The Morgan fingerprint density at radius 2 is 0.842 bits per heavy atom. The lowest BCUT2D eigenvalue weighted by Gasteiger charge is -2.53. The van der Waals surface area contributed by atoms with E-state index in [0.717, 1.165) is 77.0 Å². The smallest absolute Gasteiger partial charge is 0.220 e. The SMILES string of the molecule is CC1(C)CC(NC(=O)CCCCCCCCC(=O)NC2CC(C)(C)N(C=O)C(C)(C)C2)CC(C)(C)N1C=O. The van der Waals surface area contributed by atoms with Crippen molar-refractivity contribution in [2.75, 3.05) is 0 Å². The topological polar surface area (TPSA) is 98.8 Å². The van der Waals surface area contributed by atoms with Gasteiger partial charge in [0.25, 0.3) is 0 Å². The molecule has 38 heavy (non-hydrogen) atoms. The van der Waals surface area contributed by atoms with E-state index in [1.54, 1.807) is 0 Å². The largest absolute Gasteiger partial charge is 0.353 e. The van der Waals surface area contributed by atoms with Crippen LogP contribution in [0.2, 0.25) is 0 Å². The summed E-state index contributed by atoms with van der Waals surface area (Å²) in [6.07, 6.45) is 11.9. The second-order valence-electron chi connectivity index (χ2n) is 14.2. The number of nitrogens with one attached hydrogen (secondary N) is 2. The fraction of sp³-hybridized carbons (Fsp3) is 0.867. The number of carbonyl (C=O) groups excluding carboxylic acids is 4. The number of likely N-dealkylation sites (tertiary alicyclic amines) is 2. The van der Waals surface area contributed by atoms with Gasteiger partial charge in [0.2, 0.25) is 24.6 Å². The average molecular weight is 535 g/mol. The van der Waals surface area contributed by atoms with Crippen molar-refractivity contribution in [1.29, 1.82) is 0 Å². The second kappa shape index (κ2) is 12.8. The van der Waals surface area contributed by atoms with Crippen molar-refractivity contribution in [2.45, 2.75) is 167 Å². The first-order valence-corrected chi connectivity index (χ1v) is 14.6. The average Bonchev–Trinajstić information content (AvgIpc) is 2.72. The standard InChI is InChI=1S/C30H54N4O4/c1-27(2)17-23(18-28(3,4)33(27)21-35)31-25(37)15-13-11-9-10-12-14-16-26(38)32-24-19-29(5,6)34(22-36)30(7,8)20-24/h21-24H,9-20H2,1-8H3,(H,31,37)(H,32,38). The molecule has 0 unspecified atom stereocenters. The Morgan fingerprint density at radius 1 is 0.579 bits per heavy atom. The Bertz CT molecular complexity index is 732. The third-order valence-corrected chi connectivity index (χ3v) is 8.59. The summed E-state index contributed by atoms with van der Waals surface area (Å²) in [6.45, 7) is 16.5. The highest BCUT2D eigenvalue weighted by Crippen LogP contribution is 2.38. The van der Waals surface area contributed by atoms with Gasteiger partial charge in [0.15, 0.2) is 0 Å². The van der Waals surface area contributed by atoms with E-state index >= 15 is 0 Å². The van der Waals surface area contributed by atoms with Crippen LogP contribution in [0, 0.1) is 0 Å². The van der Waals surface area contributed by atoms with E-state index in [2.05, 4.69) is 66.0 Å². The first kappa shape index (κ1) is 32.1. The van der Waals surface area contributed by atoms with Crippen LogP contribution in [0.5, 0.6) is 0 Å². The van der Waals surface area contributed by atoms with Crippen molar-refractivity contribution in [3.05, 3.63) is 0 Å². The van der Waals surface area contributed by atoms with E-state index in [1.807, 2.05) is 9.80 Å². The molecule has 0 saturated carbocycles. The van der Waals surface area contributed by atoms with Crippen LogP contribution in [-0.2, 0) is 19.2 Å². The molecule has 0 aromatic rings. The predicted molar refractivity (Wildman–Crippen MR) is 151 cm³/mol. The van der Waals surface area contributed by atoms with E-state index in [0.29, 0.717) is 12.8 Å². The lowest BCUT2D eigenvalue weighted by atomic mass is 9.77. The molecule has 2 aliphatic heterocycles. The molecule has 4 amide bonds. The maximum atomic E-state index is 12.5. The molecule has 8 heteroatoms. The van der Waals surface area contributed by atoms with Gasteiger partial charge in [-0.05, 0) is 93.9 Å². The summed E-state index contributed by atoms with van der Waals surface area (Å²) in [7, 11) is 0. The van der Waals surface area contributed by atoms with Crippen LogP contribution >= 0.6 is 0 Å². The van der Waals surface area contributed by atoms with Gasteiger partial charge in [0, 0.05) is 47.1 Å². The highest BCUT2D eigenvalue weighted by Gasteiger charge is 2.46. The van der Waals surface area contributed by atoms with Crippen molar-refractivity contribution in [1.82, 2.24) is 20.4 Å². The molecule has 0 radical (unpaired) electrons. The van der Waals surface area contributed by atoms with Gasteiger partial charge in [-0.15, -0.1) is 0 Å². The molecule has 2 fully saturated rings. The Morgan fingerprint density at radius 3 is 1.11 bits per heavy atom. The fourth-order valence-electron chi connectivity index (χ4n) is 7.24. The molecule has 2 heterocycles. The lowest BCUT2D eigenvalue weighted by molar-refractivity contribution is -0.138. The minimum atomic E-state index is -0.278. The molecule has 2 rings (SSSR count). The van der Waals surface area contributed by atoms with Crippen LogP contribution < -0.4 is 10.6 Å². The number of amides is 4. The quantitative estimate of drug-likeness (QED) is 0.264. The van der Waals surface area contributed by atoms with Crippen LogP contribution in [0.25, 0.3) is 0 Å². The van der Waals surface area contributed by atoms with Crippen LogP contribution in [0.4, 0.5) is 0 Å². The zero-order valence-corrected chi connectivity index (χ0v) is 25.3. The van der Waals surface area contributed by atoms with Gasteiger partial charge in [-0.1, -0.05) is 25.7 Å². The summed E-state index contributed by atoms with van der Waals surface area (Å²) >= 11 is 0. The molecule has 2 aliphatic rings. The van der Waals surface area contributed by atoms with Crippen molar-refractivity contribution >= 4 is 24.6 Å². The van der Waals surface area contributed by atoms with Gasteiger partial charge in [-0.3, -0.25) is 19.2 Å². The molecule has 2 N–H and O–H groups in total. The van der Waals surface area contributed by atoms with Crippen molar-refractivity contribution in [2.24, 2.45) is 0 Å². The highest BCUT2D eigenvalue weighted by molar-refractivity contribution is 5.76. The Balaban J connectivity index is 1.57. The summed E-state index contributed by atoms with van der Waals surface area (Å²) in [5, 5.41) is 6.40. The minimum Gasteiger partial charge on any atom is -0.353 e. The summed E-state index contributed by atoms with van der Waals surface area (Å²) in [4.78, 5) is 51.9. The highest BCUT2D eigenvalue weighted by atomic mass is 16.2. The number of rotatable bonds is 13. The Hall–Kier alpha value is -2.12. The molecular formula is C30H54N4O4. The molecule has 218 valence electrons. The zero-order valence-electron chi connectivity index (χ0n) is 25.3. The normalized spacial score (nSPS) is 22.5. The van der Waals surface area contributed by atoms with Crippen molar-refractivity contribution < 1.29 is 19.2 Å². The van der Waals surface area contributed by atoms with Gasteiger partial charge in [0.05, 0.1) is 0 Å². The molecule has 0 atom stereocenters. The van der Waals surface area contributed by atoms with Gasteiger partial charge in [-0.2, -0.15) is 0 Å². The van der Waals surface area contributed by atoms with E-state index in [-0.39, 0.29) is 46.1 Å². The summed E-state index contributed by atoms with van der Waals surface area (Å²) in [5.41, 5.74) is -1.11. The Labute approximate surface area is 231 Å². The van der Waals surface area contributed by atoms with Gasteiger partial charge >= 0.3 is 0 Å². The van der Waals surface area contributed by atoms with Gasteiger partial charge in [-0.25, -0.2) is 0 Å². The molecule has 0 bridgehead atoms. The first-order chi connectivity index (χ1) is 17.5. The summed E-state index contributed by atoms with van der Waals surface area (Å²) < 4.78 is 0. The molecule has 8 nitrogen and oxygen atoms in total. The number of unbranched alkanes of at least 4 members (excludes halogenated alkanes) is 5. The van der Waals surface area contributed by atoms with Crippen LogP contribution in [0.1, 0.15) is 132 Å². The number of hydrogen-bond donors (Lipinski definition) is 2. The molecule has 0 aliphatic carbocycles. The van der Waals surface area contributed by atoms with Gasteiger partial charge in [0.1, 0.15) is 0 Å². The minimum absolute atomic E-state index is 0.0876. The molecular weight excluding hydrogens is 480 g/mol. The van der Waals surface area contributed by atoms with Crippen LogP contribution in [-0.4, -0.2) is 68.7 Å². The molecule has 0 spiro atoms. The summed E-state index contributed by atoms with van der Waals surface area (Å²) in [6, 6.07) is 0.175. The van der Waals surface area contributed by atoms with E-state index < -0.39 is 0 Å². The van der Waals surface area contributed by atoms with Crippen LogP contribution in [0.3, 0.4) is 0 Å². The van der Waals surface area contributed by atoms with E-state index in [1.165, 1.54) is 0 Å². The third-order valence-electron chi connectivity index (χ3n) is 8.59. The van der Waals surface area contributed by atoms with Crippen LogP contribution in [0.15, 0.2) is 0 Å². The van der Waals surface area contributed by atoms with E-state index in [4.69, 9.17) is 0 Å². The zero-order chi connectivity index (χ0) is 28.8. The predicted octanol–water partition coefficient (Wildman–Crippen LogP) is 4.70. The first-order valence-electron chi connectivity index (χ1n) is 14.6. The third kappa shape index (κ3) is 8.70. The number of piperidine rings is 2. The molecule has 0 aromatic heterocycles. The molecule has 0 aromatic carbocycles. The van der Waals surface area contributed by atoms with Crippen molar-refractivity contribution in [3.63, 3.8) is 0 Å². The maximum Gasteiger partial charge on any atom is 0.220 e. The number of nitrogens with zero attached hydrogens (tertiary/aromatic N) is 2. The fourth-order valence-corrected chi connectivity index (χ4v) is 7.24. The maximum absolute atomic E-state index is 12.5. The van der Waals surface area contributed by atoms with E-state index in [9.17, 15) is 19.2 Å². The van der Waals surface area contributed by atoms with Gasteiger partial charge < -0.3 is 20.4 Å². The number of hydrogen-bond acceptors (Lipinski definition) is 4. The molecule has 2 saturated heterocycles. The summed E-state index contributed by atoms with van der Waals surface area (Å²) in [5.74, 6) is 0.200. The second-order valence-corrected chi connectivity index (χ2v) is 14.2. The van der Waals surface area contributed by atoms with Crippen molar-refractivity contribution in [3.8, 4) is 0 Å². The monoisotopic (exact) mass is 534 g/mol. The number of carbonyl (C=O) groups is 4.